The molecule has 1 aromatic rings. The van der Waals surface area contributed by atoms with Crippen LogP contribution >= 0.6 is 28.3 Å². The average molecular weight is 376 g/mol. The van der Waals surface area contributed by atoms with Gasteiger partial charge in [0.15, 0.2) is 0 Å². The van der Waals surface area contributed by atoms with Gasteiger partial charge in [0.2, 0.25) is 0 Å². The lowest BCUT2D eigenvalue weighted by Gasteiger charge is -2.36. The van der Waals surface area contributed by atoms with E-state index in [1.165, 1.54) is 41.4 Å². The van der Waals surface area contributed by atoms with E-state index >= 15 is 0 Å². The highest BCUT2D eigenvalue weighted by atomic mass is 79.9. The molecule has 0 radical (unpaired) electrons. The minimum absolute atomic E-state index is 0. The largest absolute Gasteiger partial charge is 0.493 e. The molecule has 21 heavy (non-hydrogen) atoms. The summed E-state index contributed by atoms with van der Waals surface area (Å²) in [7, 11) is 0. The number of ether oxygens (including phenoxy) is 1. The number of likely N-dealkylation sites (tertiary alicyclic amines) is 1. The van der Waals surface area contributed by atoms with Crippen LogP contribution in [-0.4, -0.2) is 30.6 Å². The monoisotopic (exact) mass is 374 g/mol. The molecule has 1 atom stereocenters. The molecule has 1 saturated heterocycles. The quantitative estimate of drug-likeness (QED) is 0.875. The normalized spacial score (nSPS) is 21.5. The molecule has 0 bridgehead atoms. The smallest absolute Gasteiger partial charge is 0.127 e. The molecule has 1 unspecified atom stereocenters. The van der Waals surface area contributed by atoms with Crippen molar-refractivity contribution < 1.29 is 4.74 Å². The predicted octanol–water partition coefficient (Wildman–Crippen LogP) is 3.51. The van der Waals surface area contributed by atoms with Crippen molar-refractivity contribution in [3.63, 3.8) is 0 Å². The van der Waals surface area contributed by atoms with E-state index in [0.717, 1.165) is 38.3 Å². The van der Waals surface area contributed by atoms with Crippen molar-refractivity contribution in [2.75, 3.05) is 19.7 Å². The van der Waals surface area contributed by atoms with Gasteiger partial charge in [-0.25, -0.2) is 0 Å². The Bertz CT molecular complexity index is 482. The highest BCUT2D eigenvalue weighted by Gasteiger charge is 2.25. The zero-order chi connectivity index (χ0) is 13.9. The third kappa shape index (κ3) is 3.92. The summed E-state index contributed by atoms with van der Waals surface area (Å²) in [6.45, 7) is 3.79. The lowest BCUT2D eigenvalue weighted by molar-refractivity contribution is 0.132. The van der Waals surface area contributed by atoms with Crippen LogP contribution in [0.2, 0.25) is 0 Å². The molecule has 2 aliphatic rings. The average Bonchev–Trinajstić information content (AvgIpc) is 2.89. The number of benzene rings is 1. The molecule has 1 aromatic carbocycles. The van der Waals surface area contributed by atoms with Gasteiger partial charge in [-0.2, -0.15) is 0 Å². The van der Waals surface area contributed by atoms with Crippen molar-refractivity contribution in [1.82, 2.24) is 4.90 Å². The number of fused-ring (bicyclic) bond motifs is 1. The van der Waals surface area contributed by atoms with Crippen molar-refractivity contribution >= 4 is 28.3 Å². The topological polar surface area (TPSA) is 38.5 Å². The fourth-order valence-corrected chi connectivity index (χ4v) is 4.02. The fourth-order valence-electron chi connectivity index (χ4n) is 3.47. The second kappa shape index (κ2) is 7.82. The molecule has 0 saturated carbocycles. The van der Waals surface area contributed by atoms with E-state index in [1.54, 1.807) is 0 Å². The first kappa shape index (κ1) is 17.1. The molecule has 2 heterocycles. The third-order valence-electron chi connectivity index (χ3n) is 4.45. The minimum atomic E-state index is 0. The molecule has 1 fully saturated rings. The summed E-state index contributed by atoms with van der Waals surface area (Å²) in [4.78, 5) is 2.60. The molecule has 0 spiro atoms. The first-order valence-electron chi connectivity index (χ1n) is 7.66. The second-order valence-corrected chi connectivity index (χ2v) is 6.76. The van der Waals surface area contributed by atoms with E-state index in [4.69, 9.17) is 10.5 Å². The van der Waals surface area contributed by atoms with Crippen molar-refractivity contribution in [2.24, 2.45) is 5.73 Å². The Labute approximate surface area is 141 Å². The second-order valence-electron chi connectivity index (χ2n) is 5.85. The molecule has 3 nitrogen and oxygen atoms in total. The summed E-state index contributed by atoms with van der Waals surface area (Å²) < 4.78 is 7.02. The van der Waals surface area contributed by atoms with Crippen molar-refractivity contribution in [1.29, 1.82) is 0 Å². The zero-order valence-electron chi connectivity index (χ0n) is 12.3. The maximum Gasteiger partial charge on any atom is 0.127 e. The van der Waals surface area contributed by atoms with Crippen molar-refractivity contribution in [2.45, 2.75) is 44.7 Å². The Hall–Kier alpha value is -0.290. The Kier molecular flexibility index (Phi) is 6.35. The van der Waals surface area contributed by atoms with Crippen LogP contribution in [0.3, 0.4) is 0 Å². The van der Waals surface area contributed by atoms with Gasteiger partial charge >= 0.3 is 0 Å². The summed E-state index contributed by atoms with van der Waals surface area (Å²) in [6.07, 6.45) is 6.08. The Morgan fingerprint density at radius 2 is 2.19 bits per heavy atom. The summed E-state index contributed by atoms with van der Waals surface area (Å²) in [5.41, 5.74) is 8.45. The van der Waals surface area contributed by atoms with E-state index in [0.29, 0.717) is 6.04 Å². The number of halogens is 2. The molecule has 2 N–H and O–H groups in total. The van der Waals surface area contributed by atoms with Gasteiger partial charge in [0.1, 0.15) is 5.75 Å². The van der Waals surface area contributed by atoms with E-state index in [-0.39, 0.29) is 12.4 Å². The van der Waals surface area contributed by atoms with E-state index in [2.05, 4.69) is 33.0 Å². The lowest BCUT2D eigenvalue weighted by Crippen LogP contribution is -2.40. The minimum Gasteiger partial charge on any atom is -0.493 e. The van der Waals surface area contributed by atoms with Gasteiger partial charge in [-0.3, -0.25) is 4.90 Å². The molecule has 3 rings (SSSR count). The van der Waals surface area contributed by atoms with Crippen LogP contribution in [0.15, 0.2) is 16.6 Å². The number of rotatable bonds is 4. The summed E-state index contributed by atoms with van der Waals surface area (Å²) in [5.74, 6) is 1.13. The van der Waals surface area contributed by atoms with Gasteiger partial charge in [-0.1, -0.05) is 22.4 Å². The Balaban J connectivity index is 0.00000161. The first-order chi connectivity index (χ1) is 9.78. The van der Waals surface area contributed by atoms with Gasteiger partial charge in [0.25, 0.3) is 0 Å². The number of piperidine rings is 1. The maximum absolute atomic E-state index is 5.85. The number of hydrogen-bond donors (Lipinski definition) is 1. The van der Waals surface area contributed by atoms with Crippen LogP contribution in [0, 0.1) is 0 Å². The van der Waals surface area contributed by atoms with Gasteiger partial charge < -0.3 is 10.5 Å². The van der Waals surface area contributed by atoms with Crippen LogP contribution in [-0.2, 0) is 13.0 Å². The van der Waals surface area contributed by atoms with Gasteiger partial charge in [-0.15, -0.1) is 12.4 Å². The first-order valence-corrected chi connectivity index (χ1v) is 8.45. The van der Waals surface area contributed by atoms with Crippen LogP contribution in [0.4, 0.5) is 0 Å². The lowest BCUT2D eigenvalue weighted by atomic mass is 9.98. The molecule has 0 aromatic heterocycles. The van der Waals surface area contributed by atoms with E-state index in [1.807, 2.05) is 0 Å². The molecule has 0 aliphatic carbocycles. The standard InChI is InChI=1S/C16H23BrN2O.ClH/c17-14-9-12-5-8-20-16(12)13(10-14)11-19-7-2-1-3-15(19)4-6-18;/h9-10,15H,1-8,11,18H2;1H. The van der Waals surface area contributed by atoms with Gasteiger partial charge in [0.05, 0.1) is 6.61 Å². The van der Waals surface area contributed by atoms with Crippen molar-refractivity contribution in [3.05, 3.63) is 27.7 Å². The summed E-state index contributed by atoms with van der Waals surface area (Å²) in [5, 5.41) is 0. The summed E-state index contributed by atoms with van der Waals surface area (Å²) >= 11 is 3.63. The molecule has 2 aliphatic heterocycles. The maximum atomic E-state index is 5.85. The van der Waals surface area contributed by atoms with Crippen LogP contribution in [0.25, 0.3) is 0 Å². The highest BCUT2D eigenvalue weighted by Crippen LogP contribution is 2.35. The molecule has 0 amide bonds. The van der Waals surface area contributed by atoms with Crippen molar-refractivity contribution in [3.8, 4) is 5.75 Å². The number of hydrogen-bond acceptors (Lipinski definition) is 3. The SMILES string of the molecule is Cl.NCCC1CCCCN1Cc1cc(Br)cc2c1OCC2. The number of nitrogens with two attached hydrogens (primary N) is 1. The Morgan fingerprint density at radius 3 is 3.00 bits per heavy atom. The van der Waals surface area contributed by atoms with Gasteiger partial charge in [0, 0.05) is 29.0 Å². The number of nitrogens with zero attached hydrogens (tertiary/aromatic N) is 1. The summed E-state index contributed by atoms with van der Waals surface area (Å²) in [6, 6.07) is 5.06. The van der Waals surface area contributed by atoms with Gasteiger partial charge in [-0.05, 0) is 50.0 Å². The molecular formula is C16H24BrClN2O. The zero-order valence-corrected chi connectivity index (χ0v) is 14.7. The molecule has 5 heteroatoms. The van der Waals surface area contributed by atoms with Crippen LogP contribution < -0.4 is 10.5 Å². The van der Waals surface area contributed by atoms with Crippen LogP contribution in [0.1, 0.15) is 36.8 Å². The molecule has 118 valence electrons. The van der Waals surface area contributed by atoms with E-state index < -0.39 is 0 Å². The van der Waals surface area contributed by atoms with E-state index in [9.17, 15) is 0 Å². The Morgan fingerprint density at radius 1 is 1.33 bits per heavy atom. The van der Waals surface area contributed by atoms with Crippen LogP contribution in [0.5, 0.6) is 5.75 Å². The fraction of sp³-hybridized carbons (Fsp3) is 0.625. The highest BCUT2D eigenvalue weighted by molar-refractivity contribution is 9.10. The third-order valence-corrected chi connectivity index (χ3v) is 4.91. The molecular weight excluding hydrogens is 352 g/mol. The predicted molar refractivity (Wildman–Crippen MR) is 92.3 cm³/mol.